The third kappa shape index (κ3) is 44.6. The number of hydrogen-bond donors (Lipinski definition) is 19. The summed E-state index contributed by atoms with van der Waals surface area (Å²) < 4.78 is 9.08. The summed E-state index contributed by atoms with van der Waals surface area (Å²) >= 11 is 3.31. The van der Waals surface area contributed by atoms with Crippen molar-refractivity contribution in [3.63, 3.8) is 0 Å². The van der Waals surface area contributed by atoms with Crippen molar-refractivity contribution in [1.29, 1.82) is 0 Å². The number of nitrogens with two attached hydrogens (primary N) is 3. The zero-order valence-electron chi connectivity index (χ0n) is 66.4. The van der Waals surface area contributed by atoms with Gasteiger partial charge in [0, 0.05) is 69.2 Å². The van der Waals surface area contributed by atoms with E-state index in [9.17, 15) is 91.4 Å². The van der Waals surface area contributed by atoms with E-state index in [1.807, 2.05) is 0 Å². The van der Waals surface area contributed by atoms with Gasteiger partial charge in [-0.1, -0.05) is 42.1 Å². The largest absolute Gasteiger partial charge is 0.508 e. The summed E-state index contributed by atoms with van der Waals surface area (Å²) in [6.07, 6.45) is 6.29. The van der Waals surface area contributed by atoms with Crippen molar-refractivity contribution in [2.24, 2.45) is 17.2 Å². The number of esters is 2. The minimum Gasteiger partial charge on any atom is -0.508 e. The van der Waals surface area contributed by atoms with E-state index >= 15 is 0 Å². The number of unbranched alkanes of at least 4 members (excludes halogenated alkanes) is 6. The van der Waals surface area contributed by atoms with Crippen LogP contribution in [-0.2, 0) is 97.4 Å². The molecule has 2 aliphatic heterocycles. The molecule has 9 atom stereocenters. The Labute approximate surface area is 688 Å². The Bertz CT molecular complexity index is 3390. The molecule has 0 bridgehead atoms. The predicted molar refractivity (Wildman–Crippen MR) is 433 cm³/mol. The summed E-state index contributed by atoms with van der Waals surface area (Å²) in [7, 11) is 3.89. The molecule has 0 aromatic heterocycles. The number of likely N-dealkylation sites (N-methyl/N-ethyl adjacent to an activating group) is 1. The van der Waals surface area contributed by atoms with Crippen LogP contribution in [0, 0.1) is 0 Å². The first kappa shape index (κ1) is 101. The molecule has 0 saturated carbocycles. The topological polar surface area (TPSA) is 604 Å². The number of phenolic OH excluding ortho intramolecular Hbond substituents is 1. The number of carbonyl (C=O) groups excluding carboxylic acids is 18. The van der Waals surface area contributed by atoms with Gasteiger partial charge in [0.1, 0.15) is 42.0 Å². The number of rotatable bonds is 62. The Hall–Kier alpha value is -9.39. The van der Waals surface area contributed by atoms with Gasteiger partial charge in [-0.3, -0.25) is 81.5 Å². The Morgan fingerprint density at radius 3 is 1.31 bits per heavy atom. The van der Waals surface area contributed by atoms with Crippen LogP contribution in [-0.4, -0.2) is 261 Å². The number of amides is 15. The number of phenols is 1. The summed E-state index contributed by atoms with van der Waals surface area (Å²) in [6.45, 7) is -1.11. The van der Waals surface area contributed by atoms with Crippen LogP contribution in [0.2, 0.25) is 0 Å². The molecule has 2 aliphatic rings. The van der Waals surface area contributed by atoms with Crippen molar-refractivity contribution < 1.29 is 101 Å². The normalized spacial score (nSPS) is 15.4. The molecule has 2 fully saturated rings. The highest BCUT2D eigenvalue weighted by Crippen LogP contribution is 2.33. The van der Waals surface area contributed by atoms with E-state index in [-0.39, 0.29) is 192 Å². The van der Waals surface area contributed by atoms with Gasteiger partial charge in [-0.05, 0) is 160 Å². The lowest BCUT2D eigenvalue weighted by Crippen LogP contribution is -2.55. The second-order valence-electron chi connectivity index (χ2n) is 27.7. The summed E-state index contributed by atoms with van der Waals surface area (Å²) in [5, 5.41) is 49.6. The number of urea groups is 1. The van der Waals surface area contributed by atoms with Crippen molar-refractivity contribution in [2.45, 2.75) is 221 Å². The van der Waals surface area contributed by atoms with Crippen molar-refractivity contribution in [2.75, 3.05) is 97.4 Å². The molecule has 0 radical (unpaired) electrons. The van der Waals surface area contributed by atoms with Gasteiger partial charge in [0.15, 0.2) is 10.2 Å². The third-order valence-electron chi connectivity index (χ3n) is 18.3. The average molecular weight is 1690 g/mol. The number of thioether (sulfide) groups is 3. The molecule has 39 nitrogen and oxygen atoms in total. The number of ether oxygens (including phenoxy) is 2. The summed E-state index contributed by atoms with van der Waals surface area (Å²) in [5.74, 6) is -9.23. The van der Waals surface area contributed by atoms with Gasteiger partial charge < -0.3 is 112 Å². The first-order valence-electron chi connectivity index (χ1n) is 39.3. The number of primary amides is 1. The van der Waals surface area contributed by atoms with Crippen LogP contribution >= 0.6 is 35.3 Å². The molecule has 15 amide bonds. The number of fused-ring (bicyclic) bond motifs is 1. The van der Waals surface area contributed by atoms with Gasteiger partial charge in [0.2, 0.25) is 76.8 Å². The van der Waals surface area contributed by atoms with Gasteiger partial charge in [0.25, 0.3) is 0 Å². The molecular weight excluding hydrogens is 1570 g/mol. The fourth-order valence-corrected chi connectivity index (χ4v) is 14.9. The molecule has 6 unspecified atom stereocenters. The van der Waals surface area contributed by atoms with Gasteiger partial charge >= 0.3 is 18.0 Å². The maximum absolute atomic E-state index is 14.0. The van der Waals surface area contributed by atoms with E-state index in [1.54, 1.807) is 23.9 Å². The van der Waals surface area contributed by atoms with Crippen LogP contribution in [0.1, 0.15) is 166 Å². The van der Waals surface area contributed by atoms with E-state index in [1.165, 1.54) is 33.4 Å². The fourth-order valence-electron chi connectivity index (χ4n) is 12.0. The molecule has 2 heterocycles. The van der Waals surface area contributed by atoms with Crippen LogP contribution < -0.4 is 97.0 Å². The maximum Gasteiger partial charge on any atom is 0.316 e. The maximum atomic E-state index is 14.0. The van der Waals surface area contributed by atoms with Crippen molar-refractivity contribution in [3.8, 4) is 5.75 Å². The van der Waals surface area contributed by atoms with Crippen molar-refractivity contribution in [1.82, 2.24) is 79.8 Å². The lowest BCUT2D eigenvalue weighted by molar-refractivity contribution is -0.138. The highest BCUT2D eigenvalue weighted by atomic mass is 32.2. The smallest absolute Gasteiger partial charge is 0.316 e. The number of nitrogens with one attached hydrogen (secondary N) is 15. The molecule has 116 heavy (non-hydrogen) atoms. The molecule has 2 saturated heterocycles. The first-order valence-corrected chi connectivity index (χ1v) is 42.3. The van der Waals surface area contributed by atoms with E-state index in [0.29, 0.717) is 63.6 Å². The average Bonchev–Trinajstić information content (AvgIpc) is 1.66. The summed E-state index contributed by atoms with van der Waals surface area (Å²) in [6, 6.07) is -1.25. The number of benzene rings is 1. The van der Waals surface area contributed by atoms with Gasteiger partial charge in [-0.2, -0.15) is 11.8 Å². The molecule has 3 rings (SSSR count). The molecule has 22 N–H and O–H groups in total. The van der Waals surface area contributed by atoms with Gasteiger partial charge in [-0.25, -0.2) is 4.79 Å². The fraction of sp³-hybridized carbons (Fsp3) is 0.676. The second-order valence-corrected chi connectivity index (χ2v) is 31.1. The lowest BCUT2D eigenvalue weighted by Gasteiger charge is -2.23. The quantitative estimate of drug-likeness (QED) is 0.0175. The van der Waals surface area contributed by atoms with Gasteiger partial charge in [0.05, 0.1) is 64.0 Å². The molecule has 650 valence electrons. The zero-order chi connectivity index (χ0) is 85.6. The summed E-state index contributed by atoms with van der Waals surface area (Å²) in [4.78, 5) is 232. The zero-order valence-corrected chi connectivity index (χ0v) is 68.9. The Morgan fingerprint density at radius 2 is 0.862 bits per heavy atom. The Kier molecular flexibility index (Phi) is 51.5. The minimum absolute atomic E-state index is 0.00328. The standard InChI is InChI=1S/C74H120N18O21S3/c1-78-39-60(98)87-51(72(109)84-42-62(100)89-52(73(110)90-53(68(77)105)38-46-29-31-47(93)32-30-46)22-9-13-35-79-56(94)24-5-4-23-55-67-54(43-114-55)91-74(111)92-67)21-10-15-37-81-69(106)48(88-61(99)41-83-71(108)50(19-7-12-34-76)86-58(96)26-17-28-66(104)116-45-64(102)113-3)20-8-14-36-80-59(97)40-82-70(107)49(18-6-11-33-75)85-57(95)25-16-27-65(103)115-44-63(101)112-2/h29-32,48-55,67,78,93H,4-28,33-45,75-76H2,1-3H3,(H2,77,105)(H,79,94)(H,80,97)(H,81,106)(H,82,107)(H,83,108)(H,84,109)(H,85,95)(H,86,96)(H,87,98)(H,88,99)(H,89,100)(H,90,110)(H2,91,92,111)/t48?,49?,50-,51-,52-,53?,54?,55?,67?/m0/s1. The van der Waals surface area contributed by atoms with E-state index in [2.05, 4.69) is 89.2 Å². The Morgan fingerprint density at radius 1 is 0.457 bits per heavy atom. The molecule has 0 spiro atoms. The number of methoxy groups -OCH3 is 2. The SMILES string of the molecule is CNCC(=O)N[C@@H](CCCCNC(=O)C(CCCCNC(=O)CNC(=O)C(CCCCN)NC(=O)CCCC(=O)SCC(=O)OC)NC(=O)CNC(=O)[C@H](CCCCN)NC(=O)CCCC(=O)SCC(=O)OC)C(=O)NCC(=O)N[C@@H](CCCCNC(=O)CCCCC1SCC2NC(=O)NC21)C(=O)NC(Cc1ccc(O)cc1)C(N)=O. The van der Waals surface area contributed by atoms with E-state index in [0.717, 1.165) is 42.1 Å². The molecule has 0 aliphatic carbocycles. The number of carbonyl (C=O) groups is 18. The number of aromatic hydroxyl groups is 1. The second kappa shape index (κ2) is 59.3. The van der Waals surface area contributed by atoms with Crippen LogP contribution in [0.15, 0.2) is 24.3 Å². The summed E-state index contributed by atoms with van der Waals surface area (Å²) in [5.41, 5.74) is 17.6. The Balaban J connectivity index is 1.68. The minimum atomic E-state index is -1.27. The van der Waals surface area contributed by atoms with Gasteiger partial charge in [-0.15, -0.1) is 0 Å². The van der Waals surface area contributed by atoms with Crippen LogP contribution in [0.3, 0.4) is 0 Å². The highest BCUT2D eigenvalue weighted by Gasteiger charge is 2.43. The highest BCUT2D eigenvalue weighted by molar-refractivity contribution is 8.14. The molecular formula is C74H120N18O21S3. The number of hydrogen-bond acceptors (Lipinski definition) is 27. The van der Waals surface area contributed by atoms with Crippen molar-refractivity contribution >= 4 is 140 Å². The predicted octanol–water partition coefficient (Wildman–Crippen LogP) is -3.05. The van der Waals surface area contributed by atoms with Crippen molar-refractivity contribution in [3.05, 3.63) is 29.8 Å². The first-order chi connectivity index (χ1) is 55.6. The molecule has 1 aromatic carbocycles. The lowest BCUT2D eigenvalue weighted by atomic mass is 10.0. The van der Waals surface area contributed by atoms with Crippen LogP contribution in [0.5, 0.6) is 5.75 Å². The molecule has 1 aromatic rings. The van der Waals surface area contributed by atoms with E-state index < -0.39 is 139 Å². The molecule has 42 heteroatoms. The van der Waals surface area contributed by atoms with Crippen LogP contribution in [0.25, 0.3) is 0 Å². The van der Waals surface area contributed by atoms with Crippen LogP contribution in [0.4, 0.5) is 4.79 Å². The van der Waals surface area contributed by atoms with E-state index in [4.69, 9.17) is 17.2 Å². The monoisotopic (exact) mass is 1690 g/mol. The third-order valence-corrected chi connectivity index (χ3v) is 21.6.